The van der Waals surface area contributed by atoms with Gasteiger partial charge in [0, 0.05) is 24.4 Å². The Balaban J connectivity index is 1.77. The molecule has 0 radical (unpaired) electrons. The summed E-state index contributed by atoms with van der Waals surface area (Å²) in [4.78, 5) is 0. The molecule has 4 nitrogen and oxygen atoms in total. The molecule has 0 unspecified atom stereocenters. The predicted octanol–water partition coefficient (Wildman–Crippen LogP) is 5.67. The van der Waals surface area contributed by atoms with Crippen molar-refractivity contribution in [3.05, 3.63) is 54.1 Å². The summed E-state index contributed by atoms with van der Waals surface area (Å²) in [5.41, 5.74) is 2.20. The Labute approximate surface area is 163 Å². The van der Waals surface area contributed by atoms with Crippen molar-refractivity contribution < 1.29 is 14.2 Å². The number of ether oxygens (including phenoxy) is 3. The molecule has 2 rings (SSSR count). The van der Waals surface area contributed by atoms with Crippen molar-refractivity contribution in [1.82, 2.24) is 0 Å². The highest BCUT2D eigenvalue weighted by molar-refractivity contribution is 5.47. The molecule has 0 bridgehead atoms. The molecule has 0 saturated heterocycles. The van der Waals surface area contributed by atoms with E-state index in [0.29, 0.717) is 26.4 Å². The van der Waals surface area contributed by atoms with Gasteiger partial charge in [0.2, 0.25) is 0 Å². The topological polar surface area (TPSA) is 39.7 Å². The lowest BCUT2D eigenvalue weighted by Crippen LogP contribution is -2.09. The zero-order valence-corrected chi connectivity index (χ0v) is 16.7. The van der Waals surface area contributed by atoms with Gasteiger partial charge in [0.15, 0.2) is 0 Å². The van der Waals surface area contributed by atoms with Crippen LogP contribution in [0.25, 0.3) is 0 Å². The summed E-state index contributed by atoms with van der Waals surface area (Å²) >= 11 is 0. The molecule has 0 fully saturated rings. The van der Waals surface area contributed by atoms with Crippen LogP contribution >= 0.6 is 0 Å². The zero-order chi connectivity index (χ0) is 19.2. The van der Waals surface area contributed by atoms with Gasteiger partial charge in [-0.3, -0.25) is 0 Å². The Morgan fingerprint density at radius 1 is 0.778 bits per heavy atom. The first-order valence-electron chi connectivity index (χ1n) is 10.1. The van der Waals surface area contributed by atoms with Gasteiger partial charge in [-0.15, -0.1) is 0 Å². The fraction of sp³-hybridized carbons (Fsp3) is 0.478. The minimum atomic E-state index is 0.565. The van der Waals surface area contributed by atoms with Crippen LogP contribution in [0.2, 0.25) is 0 Å². The molecule has 2 aromatic carbocycles. The van der Waals surface area contributed by atoms with Gasteiger partial charge >= 0.3 is 0 Å². The largest absolute Gasteiger partial charge is 0.494 e. The van der Waals surface area contributed by atoms with E-state index < -0.39 is 0 Å². The summed E-state index contributed by atoms with van der Waals surface area (Å²) in [6, 6.07) is 16.3. The minimum absolute atomic E-state index is 0.565. The molecule has 0 spiro atoms. The lowest BCUT2D eigenvalue weighted by molar-refractivity contribution is 0.110. The van der Waals surface area contributed by atoms with Gasteiger partial charge in [0.1, 0.15) is 18.1 Å². The number of rotatable bonds is 14. The molecule has 0 aliphatic rings. The molecule has 0 aliphatic heterocycles. The molecule has 0 saturated carbocycles. The molecule has 2 aromatic rings. The monoisotopic (exact) mass is 371 g/mol. The highest BCUT2D eigenvalue weighted by atomic mass is 16.5. The summed E-state index contributed by atoms with van der Waals surface area (Å²) in [6.45, 7) is 7.60. The Kier molecular flexibility index (Phi) is 10.2. The summed E-state index contributed by atoms with van der Waals surface area (Å²) < 4.78 is 17.0. The number of hydrogen-bond donors (Lipinski definition) is 1. The first-order chi connectivity index (χ1) is 13.3. The van der Waals surface area contributed by atoms with E-state index in [9.17, 15) is 0 Å². The maximum Gasteiger partial charge on any atom is 0.124 e. The molecule has 0 amide bonds. The Morgan fingerprint density at radius 2 is 1.59 bits per heavy atom. The maximum atomic E-state index is 5.83. The number of nitrogens with one attached hydrogen (secondary N) is 1. The zero-order valence-electron chi connectivity index (χ0n) is 16.7. The Hall–Kier alpha value is -2.20. The average Bonchev–Trinajstić information content (AvgIpc) is 2.71. The SMILES string of the molecule is CCCCCCOc1ccc(NCc2ccccc2OCCOCC)cc1. The molecule has 148 valence electrons. The van der Waals surface area contributed by atoms with E-state index in [0.717, 1.165) is 35.8 Å². The second kappa shape index (κ2) is 13.0. The normalized spacial score (nSPS) is 10.6. The number of unbranched alkanes of at least 4 members (excludes halogenated alkanes) is 3. The molecular formula is C23H33NO3. The van der Waals surface area contributed by atoms with E-state index >= 15 is 0 Å². The molecule has 1 N–H and O–H groups in total. The van der Waals surface area contributed by atoms with Crippen LogP contribution in [0.15, 0.2) is 48.5 Å². The number of hydrogen-bond acceptors (Lipinski definition) is 4. The van der Waals surface area contributed by atoms with Crippen LogP contribution in [0.5, 0.6) is 11.5 Å². The Bertz CT molecular complexity index is 628. The van der Waals surface area contributed by atoms with Crippen LogP contribution in [0.3, 0.4) is 0 Å². The van der Waals surface area contributed by atoms with Gasteiger partial charge < -0.3 is 19.5 Å². The van der Waals surface area contributed by atoms with Crippen molar-refractivity contribution in [2.75, 3.05) is 31.7 Å². The van der Waals surface area contributed by atoms with Gasteiger partial charge in [0.05, 0.1) is 13.2 Å². The first kappa shape index (κ1) is 21.1. The standard InChI is InChI=1S/C23H33NO3/c1-3-5-6-9-16-26-22-14-12-21(13-15-22)24-19-20-10-7-8-11-23(20)27-18-17-25-4-2/h7-8,10-15,24H,3-6,9,16-19H2,1-2H3. The van der Waals surface area contributed by atoms with Crippen molar-refractivity contribution in [2.45, 2.75) is 46.1 Å². The van der Waals surface area contributed by atoms with Crippen LogP contribution in [0.1, 0.15) is 45.1 Å². The van der Waals surface area contributed by atoms with Gasteiger partial charge in [-0.05, 0) is 43.7 Å². The lowest BCUT2D eigenvalue weighted by atomic mass is 10.2. The summed E-state index contributed by atoms with van der Waals surface area (Å²) in [6.07, 6.45) is 4.89. The third-order valence-electron chi connectivity index (χ3n) is 4.27. The van der Waals surface area contributed by atoms with E-state index in [2.05, 4.69) is 30.4 Å². The van der Waals surface area contributed by atoms with Crippen molar-refractivity contribution in [3.63, 3.8) is 0 Å². The summed E-state index contributed by atoms with van der Waals surface area (Å²) in [5, 5.41) is 3.45. The predicted molar refractivity (Wildman–Crippen MR) is 112 cm³/mol. The second-order valence-electron chi connectivity index (χ2n) is 6.44. The Morgan fingerprint density at radius 3 is 2.37 bits per heavy atom. The quantitative estimate of drug-likeness (QED) is 0.434. The average molecular weight is 372 g/mol. The number of benzene rings is 2. The van der Waals surface area contributed by atoms with Crippen LogP contribution in [-0.4, -0.2) is 26.4 Å². The molecule has 0 heterocycles. The fourth-order valence-corrected chi connectivity index (χ4v) is 2.73. The lowest BCUT2D eigenvalue weighted by Gasteiger charge is -2.13. The van der Waals surface area contributed by atoms with Gasteiger partial charge in [0.25, 0.3) is 0 Å². The third-order valence-corrected chi connectivity index (χ3v) is 4.27. The molecule has 4 heteroatoms. The van der Waals surface area contributed by atoms with E-state index in [1.165, 1.54) is 19.3 Å². The van der Waals surface area contributed by atoms with Crippen molar-refractivity contribution in [3.8, 4) is 11.5 Å². The highest BCUT2D eigenvalue weighted by Gasteiger charge is 2.03. The van der Waals surface area contributed by atoms with Crippen LogP contribution in [-0.2, 0) is 11.3 Å². The van der Waals surface area contributed by atoms with Crippen molar-refractivity contribution in [2.24, 2.45) is 0 Å². The summed E-state index contributed by atoms with van der Waals surface area (Å²) in [7, 11) is 0. The van der Waals surface area contributed by atoms with E-state index in [4.69, 9.17) is 14.2 Å². The van der Waals surface area contributed by atoms with Crippen LogP contribution < -0.4 is 14.8 Å². The first-order valence-corrected chi connectivity index (χ1v) is 10.1. The molecule has 0 aromatic heterocycles. The van der Waals surface area contributed by atoms with Gasteiger partial charge in [-0.1, -0.05) is 44.4 Å². The molecular weight excluding hydrogens is 338 g/mol. The number of anilines is 1. The fourth-order valence-electron chi connectivity index (χ4n) is 2.73. The molecule has 27 heavy (non-hydrogen) atoms. The van der Waals surface area contributed by atoms with Gasteiger partial charge in [-0.25, -0.2) is 0 Å². The smallest absolute Gasteiger partial charge is 0.124 e. The maximum absolute atomic E-state index is 5.83. The third kappa shape index (κ3) is 8.35. The number of para-hydroxylation sites is 1. The van der Waals surface area contributed by atoms with Crippen LogP contribution in [0, 0.1) is 0 Å². The van der Waals surface area contributed by atoms with E-state index in [1.807, 2.05) is 37.3 Å². The molecule has 0 aliphatic carbocycles. The van der Waals surface area contributed by atoms with Crippen molar-refractivity contribution >= 4 is 5.69 Å². The summed E-state index contributed by atoms with van der Waals surface area (Å²) in [5.74, 6) is 1.83. The van der Waals surface area contributed by atoms with Gasteiger partial charge in [-0.2, -0.15) is 0 Å². The van der Waals surface area contributed by atoms with E-state index in [-0.39, 0.29) is 0 Å². The second-order valence-corrected chi connectivity index (χ2v) is 6.44. The minimum Gasteiger partial charge on any atom is -0.494 e. The molecule has 0 atom stereocenters. The highest BCUT2D eigenvalue weighted by Crippen LogP contribution is 2.21. The van der Waals surface area contributed by atoms with E-state index in [1.54, 1.807) is 0 Å². The van der Waals surface area contributed by atoms with Crippen LogP contribution in [0.4, 0.5) is 5.69 Å². The van der Waals surface area contributed by atoms with Crippen molar-refractivity contribution in [1.29, 1.82) is 0 Å².